The maximum absolute atomic E-state index is 12.5. The molecule has 1 unspecified atom stereocenters. The second-order valence-electron chi connectivity index (χ2n) is 6.72. The molecule has 0 spiro atoms. The number of aromatic amines is 1. The largest absolute Gasteiger partial charge is 0.345 e. The van der Waals surface area contributed by atoms with E-state index in [0.717, 1.165) is 11.8 Å². The first kappa shape index (κ1) is 15.0. The first-order valence-corrected chi connectivity index (χ1v) is 7.30. The van der Waals surface area contributed by atoms with Gasteiger partial charge in [0.05, 0.1) is 5.02 Å². The Morgan fingerprint density at radius 1 is 1.45 bits per heavy atom. The van der Waals surface area contributed by atoms with Gasteiger partial charge in [-0.05, 0) is 23.8 Å². The fraction of sp³-hybridized carbons (Fsp3) is 0.500. The molecular weight excluding hydrogens is 272 g/mol. The average molecular weight is 293 g/mol. The zero-order valence-electron chi connectivity index (χ0n) is 12.5. The molecule has 4 heteroatoms. The number of hydrogen-bond acceptors (Lipinski definition) is 2. The number of pyridine rings is 1. The van der Waals surface area contributed by atoms with Gasteiger partial charge in [-0.3, -0.25) is 4.79 Å². The monoisotopic (exact) mass is 292 g/mol. The summed E-state index contributed by atoms with van der Waals surface area (Å²) in [5, 5.41) is 1.31. The molecule has 0 saturated heterocycles. The predicted octanol–water partition coefficient (Wildman–Crippen LogP) is 4.86. The molecule has 2 aromatic heterocycles. The van der Waals surface area contributed by atoms with Crippen LogP contribution in [0.2, 0.25) is 5.02 Å². The highest BCUT2D eigenvalue weighted by molar-refractivity contribution is 6.36. The van der Waals surface area contributed by atoms with Crippen molar-refractivity contribution in [3.05, 3.63) is 29.0 Å². The van der Waals surface area contributed by atoms with E-state index < -0.39 is 0 Å². The topological polar surface area (TPSA) is 45.8 Å². The maximum atomic E-state index is 12.5. The molecule has 0 aliphatic rings. The second kappa shape index (κ2) is 5.57. The van der Waals surface area contributed by atoms with Crippen molar-refractivity contribution in [3.63, 3.8) is 0 Å². The van der Waals surface area contributed by atoms with Crippen LogP contribution in [0.25, 0.3) is 11.0 Å². The quantitative estimate of drug-likeness (QED) is 0.818. The molecular formula is C16H21ClN2O. The lowest BCUT2D eigenvalue weighted by Gasteiger charge is -2.22. The summed E-state index contributed by atoms with van der Waals surface area (Å²) in [6.45, 7) is 8.71. The number of nitrogens with zero attached hydrogens (tertiary/aromatic N) is 1. The summed E-state index contributed by atoms with van der Waals surface area (Å²) in [6, 6.07) is 1.72. The van der Waals surface area contributed by atoms with Crippen molar-refractivity contribution in [2.45, 2.75) is 40.5 Å². The molecule has 0 aliphatic heterocycles. The SMILES string of the molecule is CC(CC(=O)c1c[nH]c2nccc(Cl)c12)CC(C)(C)C. The highest BCUT2D eigenvalue weighted by Crippen LogP contribution is 2.30. The number of aromatic nitrogens is 2. The second-order valence-corrected chi connectivity index (χ2v) is 7.12. The van der Waals surface area contributed by atoms with Gasteiger partial charge in [-0.2, -0.15) is 0 Å². The van der Waals surface area contributed by atoms with Gasteiger partial charge in [-0.15, -0.1) is 0 Å². The van der Waals surface area contributed by atoms with E-state index in [4.69, 9.17) is 11.6 Å². The van der Waals surface area contributed by atoms with Crippen LogP contribution in [0.3, 0.4) is 0 Å². The Bertz CT molecular complexity index is 625. The minimum atomic E-state index is 0.128. The fourth-order valence-corrected chi connectivity index (χ4v) is 3.03. The van der Waals surface area contributed by atoms with Gasteiger partial charge in [0.25, 0.3) is 0 Å². The van der Waals surface area contributed by atoms with Gasteiger partial charge in [-0.1, -0.05) is 39.3 Å². The minimum absolute atomic E-state index is 0.128. The van der Waals surface area contributed by atoms with Gasteiger partial charge in [-0.25, -0.2) is 4.98 Å². The van der Waals surface area contributed by atoms with E-state index in [1.807, 2.05) is 0 Å². The van der Waals surface area contributed by atoms with Gasteiger partial charge in [0.2, 0.25) is 0 Å². The molecule has 0 fully saturated rings. The zero-order valence-corrected chi connectivity index (χ0v) is 13.2. The number of carbonyl (C=O) groups excluding carboxylic acids is 1. The molecule has 0 radical (unpaired) electrons. The zero-order chi connectivity index (χ0) is 14.9. The van der Waals surface area contributed by atoms with E-state index in [1.165, 1.54) is 0 Å². The fourth-order valence-electron chi connectivity index (χ4n) is 2.78. The first-order valence-electron chi connectivity index (χ1n) is 6.93. The van der Waals surface area contributed by atoms with Crippen LogP contribution in [-0.2, 0) is 0 Å². The van der Waals surface area contributed by atoms with Crippen LogP contribution in [0.15, 0.2) is 18.5 Å². The van der Waals surface area contributed by atoms with E-state index in [-0.39, 0.29) is 11.2 Å². The Kier molecular flexibility index (Phi) is 4.19. The minimum Gasteiger partial charge on any atom is -0.345 e. The summed E-state index contributed by atoms with van der Waals surface area (Å²) in [4.78, 5) is 19.7. The van der Waals surface area contributed by atoms with Gasteiger partial charge in [0.1, 0.15) is 5.65 Å². The Balaban J connectivity index is 2.20. The molecule has 108 valence electrons. The van der Waals surface area contributed by atoms with Crippen LogP contribution in [0, 0.1) is 11.3 Å². The number of halogens is 1. The highest BCUT2D eigenvalue weighted by Gasteiger charge is 2.21. The molecule has 0 amide bonds. The van der Waals surface area contributed by atoms with Gasteiger partial charge in [0, 0.05) is 29.8 Å². The van der Waals surface area contributed by atoms with Crippen LogP contribution in [-0.4, -0.2) is 15.8 Å². The number of carbonyl (C=O) groups is 1. The molecule has 0 bridgehead atoms. The Morgan fingerprint density at radius 3 is 2.80 bits per heavy atom. The normalized spacial score (nSPS) is 13.7. The van der Waals surface area contributed by atoms with Crippen molar-refractivity contribution in [1.82, 2.24) is 9.97 Å². The number of hydrogen-bond donors (Lipinski definition) is 1. The summed E-state index contributed by atoms with van der Waals surface area (Å²) >= 11 is 6.18. The molecule has 0 aromatic carbocycles. The van der Waals surface area contributed by atoms with Crippen LogP contribution >= 0.6 is 11.6 Å². The first-order chi connectivity index (χ1) is 9.28. The number of Topliss-reactive ketones (excluding diaryl/α,β-unsaturated/α-hetero) is 1. The third kappa shape index (κ3) is 3.40. The van der Waals surface area contributed by atoms with Crippen molar-refractivity contribution in [3.8, 4) is 0 Å². The molecule has 0 aliphatic carbocycles. The molecule has 0 saturated carbocycles. The van der Waals surface area contributed by atoms with E-state index in [1.54, 1.807) is 18.5 Å². The number of ketones is 1. The van der Waals surface area contributed by atoms with E-state index >= 15 is 0 Å². The molecule has 2 heterocycles. The summed E-state index contributed by atoms with van der Waals surface area (Å²) in [5.41, 5.74) is 1.56. The van der Waals surface area contributed by atoms with Crippen LogP contribution in [0.1, 0.15) is 50.9 Å². The standard InChI is InChI=1S/C16H21ClN2O/c1-10(8-16(2,3)4)7-13(20)11-9-19-15-14(11)12(17)5-6-18-15/h5-6,9-10H,7-8H2,1-4H3,(H,18,19). The van der Waals surface area contributed by atoms with E-state index in [0.29, 0.717) is 28.6 Å². The van der Waals surface area contributed by atoms with Crippen molar-refractivity contribution in [2.24, 2.45) is 11.3 Å². The lowest BCUT2D eigenvalue weighted by molar-refractivity contribution is 0.0956. The molecule has 3 nitrogen and oxygen atoms in total. The van der Waals surface area contributed by atoms with Crippen molar-refractivity contribution < 1.29 is 4.79 Å². The van der Waals surface area contributed by atoms with Crippen molar-refractivity contribution >= 4 is 28.4 Å². The molecule has 2 aromatic rings. The average Bonchev–Trinajstić information content (AvgIpc) is 2.71. The third-order valence-electron chi connectivity index (χ3n) is 3.32. The smallest absolute Gasteiger partial charge is 0.165 e. The third-order valence-corrected chi connectivity index (χ3v) is 3.63. The van der Waals surface area contributed by atoms with E-state index in [9.17, 15) is 4.79 Å². The number of rotatable bonds is 4. The lowest BCUT2D eigenvalue weighted by Crippen LogP contribution is -2.14. The van der Waals surface area contributed by atoms with Crippen LogP contribution in [0.4, 0.5) is 0 Å². The lowest BCUT2D eigenvalue weighted by atomic mass is 9.83. The van der Waals surface area contributed by atoms with Gasteiger partial charge >= 0.3 is 0 Å². The number of H-pyrrole nitrogens is 1. The molecule has 1 N–H and O–H groups in total. The van der Waals surface area contributed by atoms with E-state index in [2.05, 4.69) is 37.7 Å². The summed E-state index contributed by atoms with van der Waals surface area (Å²) in [7, 11) is 0. The summed E-state index contributed by atoms with van der Waals surface area (Å²) in [6.07, 6.45) is 4.91. The molecule has 20 heavy (non-hydrogen) atoms. The van der Waals surface area contributed by atoms with Gasteiger partial charge < -0.3 is 4.98 Å². The van der Waals surface area contributed by atoms with Gasteiger partial charge in [0.15, 0.2) is 5.78 Å². The predicted molar refractivity (Wildman–Crippen MR) is 83.3 cm³/mol. The summed E-state index contributed by atoms with van der Waals surface area (Å²) in [5.74, 6) is 0.478. The van der Waals surface area contributed by atoms with Crippen molar-refractivity contribution in [2.75, 3.05) is 0 Å². The number of fused-ring (bicyclic) bond motifs is 1. The number of nitrogens with one attached hydrogen (secondary N) is 1. The highest BCUT2D eigenvalue weighted by atomic mass is 35.5. The Labute approximate surface area is 124 Å². The maximum Gasteiger partial charge on any atom is 0.165 e. The summed E-state index contributed by atoms with van der Waals surface area (Å²) < 4.78 is 0. The molecule has 1 atom stereocenters. The Hall–Kier alpha value is -1.35. The van der Waals surface area contributed by atoms with Crippen LogP contribution in [0.5, 0.6) is 0 Å². The molecule has 2 rings (SSSR count). The van der Waals surface area contributed by atoms with Crippen LogP contribution < -0.4 is 0 Å². The Morgan fingerprint density at radius 2 is 2.15 bits per heavy atom. The van der Waals surface area contributed by atoms with Crippen molar-refractivity contribution in [1.29, 1.82) is 0 Å².